The maximum Gasteiger partial charge on any atom is 0.266 e. The molecule has 89 valence electrons. The van der Waals surface area contributed by atoms with Crippen LogP contribution in [-0.4, -0.2) is 24.0 Å². The fourth-order valence-electron chi connectivity index (χ4n) is 1.85. The Kier molecular flexibility index (Phi) is 3.23. The number of amides is 2. The van der Waals surface area contributed by atoms with E-state index in [4.69, 9.17) is 0 Å². The van der Waals surface area contributed by atoms with E-state index in [0.29, 0.717) is 6.42 Å². The smallest absolute Gasteiger partial charge is 0.266 e. The molecule has 0 aliphatic carbocycles. The van der Waals surface area contributed by atoms with Crippen LogP contribution in [0.5, 0.6) is 0 Å². The van der Waals surface area contributed by atoms with Crippen LogP contribution in [-0.2, 0) is 9.59 Å². The Morgan fingerprint density at radius 3 is 1.94 bits per heavy atom. The van der Waals surface area contributed by atoms with Crippen LogP contribution in [0.2, 0.25) is 5.31 Å². The van der Waals surface area contributed by atoms with Gasteiger partial charge in [0.25, 0.3) is 7.41 Å². The van der Waals surface area contributed by atoms with Crippen molar-refractivity contribution < 1.29 is 9.59 Å². The number of rotatable bonds is 1. The molecule has 1 atom stereocenters. The summed E-state index contributed by atoms with van der Waals surface area (Å²) in [6.07, 6.45) is 0.342. The van der Waals surface area contributed by atoms with Crippen molar-refractivity contribution in [3.8, 4) is 0 Å². The van der Waals surface area contributed by atoms with E-state index in [1.54, 1.807) is 7.41 Å². The van der Waals surface area contributed by atoms with Gasteiger partial charge in [-0.1, -0.05) is 41.5 Å². The molecule has 0 N–H and O–H groups in total. The quantitative estimate of drug-likeness (QED) is 0.504. The molecule has 16 heavy (non-hydrogen) atoms. The van der Waals surface area contributed by atoms with Crippen LogP contribution in [0.1, 0.15) is 48.0 Å². The van der Waals surface area contributed by atoms with Crippen LogP contribution >= 0.6 is 0 Å². The minimum absolute atomic E-state index is 0.0487. The van der Waals surface area contributed by atoms with Crippen molar-refractivity contribution in [1.82, 2.24) is 4.81 Å². The van der Waals surface area contributed by atoms with Crippen LogP contribution < -0.4 is 0 Å². The number of hydrogen-bond donors (Lipinski definition) is 0. The number of carbonyl (C=O) groups is 2. The third kappa shape index (κ3) is 2.86. The Morgan fingerprint density at radius 1 is 1.12 bits per heavy atom. The average Bonchev–Trinajstić information content (AvgIpc) is 2.28. The Labute approximate surface area is 98.8 Å². The van der Waals surface area contributed by atoms with Gasteiger partial charge in [-0.25, -0.2) is 0 Å². The summed E-state index contributed by atoms with van der Waals surface area (Å²) in [5.74, 6) is -0.300. The van der Waals surface area contributed by atoms with Gasteiger partial charge >= 0.3 is 0 Å². The number of hydrogen-bond acceptors (Lipinski definition) is 2. The first-order valence-corrected chi connectivity index (χ1v) is 5.74. The summed E-state index contributed by atoms with van der Waals surface area (Å²) >= 11 is 0. The Hall–Kier alpha value is -0.795. The Bertz CT molecular complexity index is 312. The van der Waals surface area contributed by atoms with Gasteiger partial charge in [0.1, 0.15) is 0 Å². The molecule has 1 radical (unpaired) electrons. The molecule has 0 spiro atoms. The third-order valence-electron chi connectivity index (χ3n) is 2.74. The maximum atomic E-state index is 12.1. The van der Waals surface area contributed by atoms with E-state index < -0.39 is 0 Å². The van der Waals surface area contributed by atoms with E-state index in [2.05, 4.69) is 0 Å². The highest BCUT2D eigenvalue weighted by Crippen LogP contribution is 2.36. The van der Waals surface area contributed by atoms with Crippen molar-refractivity contribution in [3.05, 3.63) is 0 Å². The second-order valence-corrected chi connectivity index (χ2v) is 6.72. The summed E-state index contributed by atoms with van der Waals surface area (Å²) in [5, 5.41) is -0.155. The van der Waals surface area contributed by atoms with Gasteiger partial charge in [0.2, 0.25) is 11.8 Å². The fraction of sp³-hybridized carbons (Fsp3) is 0.833. The van der Waals surface area contributed by atoms with Gasteiger partial charge in [0, 0.05) is 6.42 Å². The number of carbonyl (C=O) groups excluding carboxylic acids is 2. The van der Waals surface area contributed by atoms with Crippen molar-refractivity contribution in [2.45, 2.75) is 53.3 Å². The summed E-state index contributed by atoms with van der Waals surface area (Å²) in [6.45, 7) is 12.0. The zero-order valence-electron chi connectivity index (χ0n) is 11.1. The summed E-state index contributed by atoms with van der Waals surface area (Å²) in [4.78, 5) is 25.2. The molecule has 1 saturated heterocycles. The molecule has 1 fully saturated rings. The molecule has 1 aliphatic heterocycles. The van der Waals surface area contributed by atoms with E-state index in [0.717, 1.165) is 0 Å². The molecule has 3 nitrogen and oxygen atoms in total. The highest BCUT2D eigenvalue weighted by molar-refractivity contribution is 6.46. The van der Waals surface area contributed by atoms with Crippen LogP contribution in [0.4, 0.5) is 0 Å². The van der Waals surface area contributed by atoms with Crippen LogP contribution in [0.3, 0.4) is 0 Å². The molecule has 0 aromatic carbocycles. The molecule has 1 aliphatic rings. The van der Waals surface area contributed by atoms with Crippen molar-refractivity contribution in [2.24, 2.45) is 11.3 Å². The van der Waals surface area contributed by atoms with Gasteiger partial charge in [-0.15, -0.1) is 0 Å². The lowest BCUT2D eigenvalue weighted by Gasteiger charge is -2.27. The summed E-state index contributed by atoms with van der Waals surface area (Å²) in [5.41, 5.74) is -0.146. The molecular weight excluding hydrogens is 201 g/mol. The third-order valence-corrected chi connectivity index (χ3v) is 2.74. The van der Waals surface area contributed by atoms with Gasteiger partial charge < -0.3 is 4.81 Å². The van der Waals surface area contributed by atoms with E-state index in [-0.39, 0.29) is 28.5 Å². The molecule has 0 aromatic heterocycles. The maximum absolute atomic E-state index is 12.1. The van der Waals surface area contributed by atoms with Crippen molar-refractivity contribution in [2.75, 3.05) is 0 Å². The molecule has 0 bridgehead atoms. The zero-order chi connectivity index (χ0) is 12.7. The molecule has 1 heterocycles. The van der Waals surface area contributed by atoms with Crippen LogP contribution in [0, 0.1) is 11.3 Å². The standard InChI is InChI=1S/C12H21BNO2/c1-11(2,3)8-7-9(15)14(10(8)16)13-12(4,5)6/h8H,7H2,1-6H3. The lowest BCUT2D eigenvalue weighted by atomic mass is 9.63. The normalized spacial score (nSPS) is 22.9. The summed E-state index contributed by atoms with van der Waals surface area (Å²) in [6, 6.07) is 0. The molecule has 0 saturated carbocycles. The van der Waals surface area contributed by atoms with E-state index in [9.17, 15) is 9.59 Å². The van der Waals surface area contributed by atoms with Gasteiger partial charge in [0.15, 0.2) is 0 Å². The molecule has 1 rings (SSSR count). The zero-order valence-corrected chi connectivity index (χ0v) is 11.1. The molecular formula is C12H21BNO2. The van der Waals surface area contributed by atoms with Crippen molar-refractivity contribution in [3.63, 3.8) is 0 Å². The van der Waals surface area contributed by atoms with Gasteiger partial charge in [0.05, 0.1) is 5.92 Å². The first-order chi connectivity index (χ1) is 7.02. The summed E-state index contributed by atoms with van der Waals surface area (Å²) in [7, 11) is 1.74. The van der Waals surface area contributed by atoms with Gasteiger partial charge in [-0.2, -0.15) is 0 Å². The minimum atomic E-state index is -0.182. The molecule has 1 unspecified atom stereocenters. The largest absolute Gasteiger partial charge is 0.333 e. The highest BCUT2D eigenvalue weighted by atomic mass is 16.2. The van der Waals surface area contributed by atoms with Crippen LogP contribution in [0.15, 0.2) is 0 Å². The van der Waals surface area contributed by atoms with E-state index >= 15 is 0 Å². The first-order valence-electron chi connectivity index (χ1n) is 5.74. The second-order valence-electron chi connectivity index (χ2n) is 6.72. The average molecular weight is 222 g/mol. The predicted octanol–water partition coefficient (Wildman–Crippen LogP) is 2.25. The highest BCUT2D eigenvalue weighted by Gasteiger charge is 2.45. The molecule has 2 amide bonds. The van der Waals surface area contributed by atoms with Crippen molar-refractivity contribution in [1.29, 1.82) is 0 Å². The minimum Gasteiger partial charge on any atom is -0.333 e. The lowest BCUT2D eigenvalue weighted by Crippen LogP contribution is -2.40. The molecule has 4 heteroatoms. The van der Waals surface area contributed by atoms with Crippen LogP contribution in [0.25, 0.3) is 0 Å². The molecule has 0 aromatic rings. The topological polar surface area (TPSA) is 37.4 Å². The van der Waals surface area contributed by atoms with E-state index in [1.165, 1.54) is 4.81 Å². The Morgan fingerprint density at radius 2 is 1.62 bits per heavy atom. The van der Waals surface area contributed by atoms with Gasteiger partial charge in [-0.3, -0.25) is 9.59 Å². The number of imide groups is 1. The predicted molar refractivity (Wildman–Crippen MR) is 64.9 cm³/mol. The number of nitrogens with zero attached hydrogens (tertiary/aromatic N) is 1. The van der Waals surface area contributed by atoms with Crippen molar-refractivity contribution >= 4 is 19.2 Å². The van der Waals surface area contributed by atoms with E-state index in [1.807, 2.05) is 41.5 Å². The van der Waals surface area contributed by atoms with Gasteiger partial charge in [-0.05, 0) is 10.7 Å². The fourth-order valence-corrected chi connectivity index (χ4v) is 1.85. The SMILES string of the molecule is CC(C)(C)[B]N1C(=O)CC(C(C)(C)C)C1=O. The first kappa shape index (κ1) is 13.3. The second kappa shape index (κ2) is 3.90. The lowest BCUT2D eigenvalue weighted by molar-refractivity contribution is -0.134. The summed E-state index contributed by atoms with van der Waals surface area (Å²) < 4.78 is 0. The monoisotopic (exact) mass is 222 g/mol. The Balaban J connectivity index is 2.84.